The van der Waals surface area contributed by atoms with Gasteiger partial charge in [0.1, 0.15) is 11.9 Å². The Morgan fingerprint density at radius 1 is 1.31 bits per heavy atom. The van der Waals surface area contributed by atoms with Crippen LogP contribution in [0.2, 0.25) is 0 Å². The number of nitrogens with one attached hydrogen (secondary N) is 1. The second-order valence-electron chi connectivity index (χ2n) is 6.07. The minimum atomic E-state index is -0.282. The summed E-state index contributed by atoms with van der Waals surface area (Å²) in [5, 5.41) is 2.75. The van der Waals surface area contributed by atoms with Gasteiger partial charge in [0, 0.05) is 16.8 Å². The number of benzene rings is 2. The monoisotopic (exact) mass is 473 g/mol. The molecule has 2 aromatic carbocycles. The molecule has 6 heteroatoms. The molecule has 2 rings (SSSR count). The van der Waals surface area contributed by atoms with Gasteiger partial charge in [-0.3, -0.25) is 4.79 Å². The summed E-state index contributed by atoms with van der Waals surface area (Å²) >= 11 is 4.98. The highest BCUT2D eigenvalue weighted by molar-refractivity contribution is 9.10. The SMILES string of the molecule is C#CCOc1ccc(CCNC(=O)C(SCC=C)c2ccc(Br)cc2)cc1OC. The molecule has 0 heterocycles. The molecule has 1 amide bonds. The number of carbonyl (C=O) groups excluding carboxylic acids is 1. The van der Waals surface area contributed by atoms with E-state index < -0.39 is 0 Å². The highest BCUT2D eigenvalue weighted by Gasteiger charge is 2.20. The maximum atomic E-state index is 12.8. The predicted octanol–water partition coefficient (Wildman–Crippen LogP) is 4.79. The Morgan fingerprint density at radius 3 is 2.72 bits per heavy atom. The summed E-state index contributed by atoms with van der Waals surface area (Å²) in [6.45, 7) is 4.46. The molecule has 1 atom stereocenters. The van der Waals surface area contributed by atoms with E-state index in [0.717, 1.165) is 15.6 Å². The first kappa shape index (κ1) is 22.9. The molecule has 0 radical (unpaired) electrons. The van der Waals surface area contributed by atoms with Crippen molar-refractivity contribution in [1.29, 1.82) is 0 Å². The zero-order valence-electron chi connectivity index (χ0n) is 16.3. The fourth-order valence-corrected chi connectivity index (χ4v) is 3.83. The Morgan fingerprint density at radius 2 is 2.07 bits per heavy atom. The summed E-state index contributed by atoms with van der Waals surface area (Å²) in [6.07, 6.45) is 7.71. The summed E-state index contributed by atoms with van der Waals surface area (Å²) in [7, 11) is 1.59. The topological polar surface area (TPSA) is 47.6 Å². The van der Waals surface area contributed by atoms with Gasteiger partial charge in [0.2, 0.25) is 5.91 Å². The van der Waals surface area contributed by atoms with Gasteiger partial charge >= 0.3 is 0 Å². The van der Waals surface area contributed by atoms with Crippen molar-refractivity contribution in [2.24, 2.45) is 0 Å². The normalized spacial score (nSPS) is 11.2. The van der Waals surface area contributed by atoms with E-state index in [9.17, 15) is 4.79 Å². The molecule has 0 bridgehead atoms. The third-order valence-electron chi connectivity index (χ3n) is 4.04. The molecule has 0 aliphatic heterocycles. The number of amides is 1. The molecule has 0 aromatic heterocycles. The molecule has 2 aromatic rings. The number of rotatable bonds is 11. The summed E-state index contributed by atoms with van der Waals surface area (Å²) in [4.78, 5) is 12.8. The van der Waals surface area contributed by atoms with Gasteiger partial charge in [-0.1, -0.05) is 46.1 Å². The van der Waals surface area contributed by atoms with E-state index in [2.05, 4.69) is 33.7 Å². The summed E-state index contributed by atoms with van der Waals surface area (Å²) < 4.78 is 11.8. The van der Waals surface area contributed by atoms with E-state index in [0.29, 0.717) is 30.2 Å². The largest absolute Gasteiger partial charge is 0.493 e. The van der Waals surface area contributed by atoms with Gasteiger partial charge in [-0.2, -0.15) is 0 Å². The Bertz CT molecular complexity index is 861. The van der Waals surface area contributed by atoms with Crippen molar-refractivity contribution in [3.8, 4) is 23.8 Å². The van der Waals surface area contributed by atoms with Crippen LogP contribution in [0.4, 0.5) is 0 Å². The quantitative estimate of drug-likeness (QED) is 0.376. The number of hydrogen-bond acceptors (Lipinski definition) is 4. The Labute approximate surface area is 185 Å². The standard InChI is InChI=1S/C23H24BrNO3S/c1-4-14-28-20-11-6-17(16-21(20)27-3)12-13-25-23(26)22(29-15-5-2)18-7-9-19(24)10-8-18/h1,5-11,16,22H,2,12-15H2,3H3,(H,25,26). The second kappa shape index (κ2) is 12.3. The lowest BCUT2D eigenvalue weighted by Crippen LogP contribution is -2.30. The number of ether oxygens (including phenoxy) is 2. The van der Waals surface area contributed by atoms with Crippen molar-refractivity contribution >= 4 is 33.6 Å². The van der Waals surface area contributed by atoms with Crippen LogP contribution in [0, 0.1) is 12.3 Å². The molecule has 0 aliphatic rings. The van der Waals surface area contributed by atoms with Crippen LogP contribution in [0.5, 0.6) is 11.5 Å². The minimum Gasteiger partial charge on any atom is -0.493 e. The molecular formula is C23H24BrNO3S. The first-order valence-corrected chi connectivity index (χ1v) is 10.9. The molecule has 0 aliphatic carbocycles. The van der Waals surface area contributed by atoms with Crippen LogP contribution in [0.15, 0.2) is 59.6 Å². The van der Waals surface area contributed by atoms with Gasteiger partial charge in [0.25, 0.3) is 0 Å². The van der Waals surface area contributed by atoms with Crippen LogP contribution in [0.3, 0.4) is 0 Å². The highest BCUT2D eigenvalue weighted by Crippen LogP contribution is 2.30. The fraction of sp³-hybridized carbons (Fsp3) is 0.261. The van der Waals surface area contributed by atoms with Crippen LogP contribution < -0.4 is 14.8 Å². The average Bonchev–Trinajstić information content (AvgIpc) is 2.74. The summed E-state index contributed by atoms with van der Waals surface area (Å²) in [6, 6.07) is 13.5. The van der Waals surface area contributed by atoms with E-state index >= 15 is 0 Å². The van der Waals surface area contributed by atoms with Crippen LogP contribution in [0.25, 0.3) is 0 Å². The van der Waals surface area contributed by atoms with Crippen LogP contribution in [-0.4, -0.2) is 31.9 Å². The first-order chi connectivity index (χ1) is 14.1. The molecule has 0 spiro atoms. The zero-order valence-corrected chi connectivity index (χ0v) is 18.7. The molecular weight excluding hydrogens is 450 g/mol. The third-order valence-corrected chi connectivity index (χ3v) is 5.82. The van der Waals surface area contributed by atoms with Gasteiger partial charge in [0.05, 0.1) is 7.11 Å². The molecule has 0 fully saturated rings. The predicted molar refractivity (Wildman–Crippen MR) is 124 cm³/mol. The van der Waals surface area contributed by atoms with E-state index in [1.165, 1.54) is 0 Å². The van der Waals surface area contributed by atoms with Gasteiger partial charge in [-0.15, -0.1) is 24.8 Å². The zero-order chi connectivity index (χ0) is 21.1. The van der Waals surface area contributed by atoms with E-state index in [4.69, 9.17) is 15.9 Å². The fourth-order valence-electron chi connectivity index (χ4n) is 2.65. The van der Waals surface area contributed by atoms with Gasteiger partial charge < -0.3 is 14.8 Å². The number of terminal acetylenes is 1. The van der Waals surface area contributed by atoms with Crippen molar-refractivity contribution in [2.45, 2.75) is 11.7 Å². The lowest BCUT2D eigenvalue weighted by molar-refractivity contribution is -0.120. The maximum absolute atomic E-state index is 12.8. The van der Waals surface area contributed by atoms with E-state index in [1.54, 1.807) is 24.9 Å². The lowest BCUT2D eigenvalue weighted by Gasteiger charge is -2.17. The minimum absolute atomic E-state index is 0.0138. The lowest BCUT2D eigenvalue weighted by atomic mass is 10.1. The van der Waals surface area contributed by atoms with Crippen LogP contribution in [-0.2, 0) is 11.2 Å². The van der Waals surface area contributed by atoms with Gasteiger partial charge in [-0.05, 0) is 41.8 Å². The number of halogens is 1. The molecule has 0 saturated carbocycles. The molecule has 4 nitrogen and oxygen atoms in total. The van der Waals surface area contributed by atoms with Gasteiger partial charge in [0.15, 0.2) is 11.5 Å². The number of carbonyl (C=O) groups is 1. The molecule has 152 valence electrons. The van der Waals surface area contributed by atoms with Crippen LogP contribution >= 0.6 is 27.7 Å². The smallest absolute Gasteiger partial charge is 0.237 e. The third kappa shape index (κ3) is 7.19. The van der Waals surface area contributed by atoms with E-state index in [1.807, 2.05) is 42.5 Å². The Kier molecular flexibility index (Phi) is 9.69. The molecule has 0 saturated heterocycles. The molecule has 1 unspecified atom stereocenters. The van der Waals surface area contributed by atoms with Crippen molar-refractivity contribution in [3.05, 3.63) is 70.7 Å². The van der Waals surface area contributed by atoms with Crippen molar-refractivity contribution < 1.29 is 14.3 Å². The van der Waals surface area contributed by atoms with Crippen molar-refractivity contribution in [1.82, 2.24) is 5.32 Å². The maximum Gasteiger partial charge on any atom is 0.237 e. The summed E-state index contributed by atoms with van der Waals surface area (Å²) in [5.41, 5.74) is 2.00. The first-order valence-electron chi connectivity index (χ1n) is 9.08. The van der Waals surface area contributed by atoms with Crippen molar-refractivity contribution in [2.75, 3.05) is 26.0 Å². The summed E-state index contributed by atoms with van der Waals surface area (Å²) in [5.74, 6) is 4.35. The number of thioether (sulfide) groups is 1. The number of hydrogen-bond donors (Lipinski definition) is 1. The average molecular weight is 474 g/mol. The van der Waals surface area contributed by atoms with Crippen LogP contribution in [0.1, 0.15) is 16.4 Å². The Hall–Kier alpha value is -2.36. The molecule has 1 N–H and O–H groups in total. The van der Waals surface area contributed by atoms with E-state index in [-0.39, 0.29) is 17.8 Å². The van der Waals surface area contributed by atoms with Crippen molar-refractivity contribution in [3.63, 3.8) is 0 Å². The molecule has 29 heavy (non-hydrogen) atoms. The highest BCUT2D eigenvalue weighted by atomic mass is 79.9. The Balaban J connectivity index is 1.98. The number of methoxy groups -OCH3 is 1. The second-order valence-corrected chi connectivity index (χ2v) is 8.13. The van der Waals surface area contributed by atoms with Gasteiger partial charge in [-0.25, -0.2) is 0 Å².